The van der Waals surface area contributed by atoms with E-state index in [2.05, 4.69) is 10.3 Å². The normalized spacial score (nSPS) is 10.9. The molecule has 0 spiro atoms. The number of benzene rings is 2. The van der Waals surface area contributed by atoms with Gasteiger partial charge in [0, 0.05) is 12.3 Å². The molecule has 0 radical (unpaired) electrons. The van der Waals surface area contributed by atoms with Gasteiger partial charge in [-0.25, -0.2) is 9.37 Å². The van der Waals surface area contributed by atoms with E-state index in [1.807, 2.05) is 6.07 Å². The van der Waals surface area contributed by atoms with Crippen molar-refractivity contribution in [1.82, 2.24) is 4.98 Å². The smallest absolute Gasteiger partial charge is 0.266 e. The second-order valence-electron chi connectivity index (χ2n) is 5.96. The van der Waals surface area contributed by atoms with Crippen LogP contribution < -0.4 is 10.2 Å². The quantitative estimate of drug-likeness (QED) is 0.438. The van der Waals surface area contributed by atoms with Gasteiger partial charge in [-0.2, -0.15) is 5.26 Å². The molecule has 0 unspecified atom stereocenters. The van der Waals surface area contributed by atoms with Gasteiger partial charge in [0.25, 0.3) is 5.91 Å². The first-order valence-electron chi connectivity index (χ1n) is 8.59. The molecule has 0 saturated carbocycles. The molecule has 3 rings (SSSR count). The lowest BCUT2D eigenvalue weighted by atomic mass is 10.2. The van der Waals surface area contributed by atoms with Crippen molar-refractivity contribution < 1.29 is 14.0 Å². The molecule has 2 amide bonds. The predicted molar refractivity (Wildman–Crippen MR) is 115 cm³/mol. The molecule has 6 nitrogen and oxygen atoms in total. The van der Waals surface area contributed by atoms with Crippen LogP contribution in [0, 0.1) is 17.1 Å². The number of carbonyl (C=O) groups is 2. The van der Waals surface area contributed by atoms with Crippen LogP contribution in [-0.4, -0.2) is 16.8 Å². The van der Waals surface area contributed by atoms with Crippen molar-refractivity contribution in [3.05, 3.63) is 76.0 Å². The van der Waals surface area contributed by atoms with Crippen LogP contribution in [0.5, 0.6) is 0 Å². The van der Waals surface area contributed by atoms with Crippen molar-refractivity contribution in [2.45, 2.75) is 6.92 Å². The fraction of sp³-hybridized carbons (Fsp3) is 0.0476. The first-order valence-corrected chi connectivity index (χ1v) is 9.85. The van der Waals surface area contributed by atoms with E-state index in [1.165, 1.54) is 31.2 Å². The Labute approximate surface area is 180 Å². The zero-order chi connectivity index (χ0) is 21.7. The van der Waals surface area contributed by atoms with E-state index in [1.54, 1.807) is 35.7 Å². The van der Waals surface area contributed by atoms with E-state index >= 15 is 0 Å². The molecule has 1 heterocycles. The molecule has 0 aliphatic heterocycles. The number of nitrogens with one attached hydrogen (secondary N) is 1. The monoisotopic (exact) mass is 440 g/mol. The molecule has 0 aliphatic carbocycles. The van der Waals surface area contributed by atoms with Crippen LogP contribution in [0.4, 0.5) is 20.9 Å². The van der Waals surface area contributed by atoms with Gasteiger partial charge in [-0.15, -0.1) is 11.3 Å². The molecule has 1 N–H and O–H groups in total. The Morgan fingerprint density at radius 1 is 1.23 bits per heavy atom. The highest BCUT2D eigenvalue weighted by atomic mass is 35.5. The lowest BCUT2D eigenvalue weighted by Crippen LogP contribution is -2.23. The second kappa shape index (κ2) is 9.31. The zero-order valence-corrected chi connectivity index (χ0v) is 17.2. The van der Waals surface area contributed by atoms with Crippen molar-refractivity contribution in [3.63, 3.8) is 0 Å². The third-order valence-electron chi connectivity index (χ3n) is 3.89. The van der Waals surface area contributed by atoms with Crippen molar-refractivity contribution >= 4 is 57.3 Å². The number of nitrogens with zero attached hydrogens (tertiary/aromatic N) is 3. The van der Waals surface area contributed by atoms with Crippen LogP contribution in [0.2, 0.25) is 5.02 Å². The average Bonchev–Trinajstić information content (AvgIpc) is 3.17. The number of aromatic nitrogens is 1. The van der Waals surface area contributed by atoms with E-state index in [9.17, 15) is 19.2 Å². The molecule has 150 valence electrons. The highest BCUT2D eigenvalue weighted by Crippen LogP contribution is 2.31. The number of hydrogen-bond donors (Lipinski definition) is 1. The van der Waals surface area contributed by atoms with E-state index in [0.29, 0.717) is 10.7 Å². The number of amides is 2. The third-order valence-corrected chi connectivity index (χ3v) is 5.06. The van der Waals surface area contributed by atoms with E-state index in [0.717, 1.165) is 16.2 Å². The summed E-state index contributed by atoms with van der Waals surface area (Å²) >= 11 is 7.10. The van der Waals surface area contributed by atoms with Gasteiger partial charge in [0.1, 0.15) is 17.5 Å². The summed E-state index contributed by atoms with van der Waals surface area (Å²) in [6, 6.07) is 14.3. The van der Waals surface area contributed by atoms with Crippen LogP contribution in [0.1, 0.15) is 12.6 Å². The summed E-state index contributed by atoms with van der Waals surface area (Å²) in [5.74, 6) is -1.66. The van der Waals surface area contributed by atoms with Crippen LogP contribution >= 0.6 is 22.9 Å². The largest absolute Gasteiger partial charge is 0.320 e. The van der Waals surface area contributed by atoms with Crippen molar-refractivity contribution in [2.24, 2.45) is 0 Å². The van der Waals surface area contributed by atoms with E-state index in [4.69, 9.17) is 11.6 Å². The van der Waals surface area contributed by atoms with E-state index < -0.39 is 17.6 Å². The van der Waals surface area contributed by atoms with Crippen molar-refractivity contribution in [2.75, 3.05) is 10.2 Å². The molecular weight excluding hydrogens is 427 g/mol. The predicted octanol–water partition coefficient (Wildman–Crippen LogP) is 5.17. The van der Waals surface area contributed by atoms with Gasteiger partial charge < -0.3 is 5.32 Å². The lowest BCUT2D eigenvalue weighted by Gasteiger charge is -2.18. The minimum absolute atomic E-state index is 0.0619. The van der Waals surface area contributed by atoms with Crippen LogP contribution in [0.3, 0.4) is 0 Å². The molecule has 0 atom stereocenters. The first kappa shape index (κ1) is 21.2. The Morgan fingerprint density at radius 3 is 2.60 bits per heavy atom. The van der Waals surface area contributed by atoms with Crippen molar-refractivity contribution in [1.29, 1.82) is 5.26 Å². The molecule has 1 aromatic heterocycles. The number of anilines is 3. The van der Waals surface area contributed by atoms with Crippen LogP contribution in [0.15, 0.2) is 59.5 Å². The van der Waals surface area contributed by atoms with E-state index in [-0.39, 0.29) is 22.1 Å². The van der Waals surface area contributed by atoms with Crippen molar-refractivity contribution in [3.8, 4) is 6.07 Å². The zero-order valence-electron chi connectivity index (χ0n) is 15.6. The summed E-state index contributed by atoms with van der Waals surface area (Å²) in [5.41, 5.74) is 0.508. The summed E-state index contributed by atoms with van der Waals surface area (Å²) in [6.45, 7) is 1.29. The summed E-state index contributed by atoms with van der Waals surface area (Å²) in [7, 11) is 0. The average molecular weight is 441 g/mol. The summed E-state index contributed by atoms with van der Waals surface area (Å²) in [5, 5.41) is 14.0. The molecule has 0 aliphatic rings. The van der Waals surface area contributed by atoms with Gasteiger partial charge in [0.15, 0.2) is 5.13 Å². The Kier molecular flexibility index (Phi) is 6.57. The number of hydrogen-bond acceptors (Lipinski definition) is 5. The standard InChI is InChI=1S/C21H14ClFN4O2S/c1-13(28)27(19-9-5-3-7-17(19)23)21-25-15(12-30-21)10-14(11-24)20(29)26-18-8-4-2-6-16(18)22/h2-10,12H,1H3,(H,26,29)/b14-10+. The fourth-order valence-corrected chi connectivity index (χ4v) is 3.55. The number of nitriles is 1. The molecular formula is C21H14ClFN4O2S. The minimum atomic E-state index is -0.655. The number of carbonyl (C=O) groups excluding carboxylic acids is 2. The molecule has 30 heavy (non-hydrogen) atoms. The summed E-state index contributed by atoms with van der Waals surface area (Å²) in [6.07, 6.45) is 1.28. The number of para-hydroxylation sites is 2. The maximum Gasteiger partial charge on any atom is 0.266 e. The van der Waals surface area contributed by atoms with Crippen LogP contribution in [0.25, 0.3) is 6.08 Å². The second-order valence-corrected chi connectivity index (χ2v) is 7.21. The highest BCUT2D eigenvalue weighted by Gasteiger charge is 2.21. The Hall–Kier alpha value is -3.54. The van der Waals surface area contributed by atoms with Gasteiger partial charge in [0.05, 0.1) is 22.1 Å². The Balaban J connectivity index is 1.88. The Morgan fingerprint density at radius 2 is 1.93 bits per heavy atom. The SMILES string of the molecule is CC(=O)N(c1nc(/C=C(\C#N)C(=O)Nc2ccccc2Cl)cs1)c1ccccc1F. The third kappa shape index (κ3) is 4.71. The molecule has 0 fully saturated rings. The maximum absolute atomic E-state index is 14.2. The molecule has 0 saturated heterocycles. The minimum Gasteiger partial charge on any atom is -0.320 e. The highest BCUT2D eigenvalue weighted by molar-refractivity contribution is 7.14. The number of thiazole rings is 1. The molecule has 0 bridgehead atoms. The van der Waals surface area contributed by atoms with Gasteiger partial charge in [-0.1, -0.05) is 35.9 Å². The summed E-state index contributed by atoms with van der Waals surface area (Å²) < 4.78 is 14.2. The maximum atomic E-state index is 14.2. The molecule has 2 aromatic carbocycles. The van der Waals surface area contributed by atoms with Gasteiger partial charge in [0.2, 0.25) is 5.91 Å². The summed E-state index contributed by atoms with van der Waals surface area (Å²) in [4.78, 5) is 29.9. The number of halogens is 2. The fourth-order valence-electron chi connectivity index (χ4n) is 2.53. The molecule has 3 aromatic rings. The Bertz CT molecular complexity index is 1190. The van der Waals surface area contributed by atoms with Crippen LogP contribution in [-0.2, 0) is 9.59 Å². The van der Waals surface area contributed by atoms with Gasteiger partial charge in [-0.05, 0) is 30.3 Å². The topological polar surface area (TPSA) is 86.1 Å². The number of rotatable bonds is 5. The lowest BCUT2D eigenvalue weighted by molar-refractivity contribution is -0.116. The van der Waals surface area contributed by atoms with Gasteiger partial charge in [-0.3, -0.25) is 14.5 Å². The van der Waals surface area contributed by atoms with Gasteiger partial charge >= 0.3 is 0 Å². The first-order chi connectivity index (χ1) is 14.4. The molecule has 9 heteroatoms.